The zero-order valence-electron chi connectivity index (χ0n) is 12.5. The molecule has 0 aliphatic heterocycles. The molecule has 2 N–H and O–H groups in total. The summed E-state index contributed by atoms with van der Waals surface area (Å²) in [5, 5.41) is 19.3. The number of rotatable bonds is 1. The van der Waals surface area contributed by atoms with Crippen molar-refractivity contribution in [1.82, 2.24) is 0 Å². The number of fused-ring (bicyclic) bond motifs is 1. The molecule has 0 bridgehead atoms. The van der Waals surface area contributed by atoms with Crippen LogP contribution in [0.25, 0.3) is 11.1 Å². The number of aromatic hydroxyl groups is 2. The molecule has 0 spiro atoms. The Morgan fingerprint density at radius 3 is 2.19 bits per heavy atom. The second kappa shape index (κ2) is 5.28. The van der Waals surface area contributed by atoms with E-state index in [2.05, 4.69) is 6.92 Å². The lowest BCUT2D eigenvalue weighted by Gasteiger charge is -2.14. The quantitative estimate of drug-likeness (QED) is 0.796. The van der Waals surface area contributed by atoms with Crippen molar-refractivity contribution in [2.24, 2.45) is 0 Å². The number of allylic oxidation sites excluding steroid dienone is 2. The maximum atomic E-state index is 9.68. The van der Waals surface area contributed by atoms with Gasteiger partial charge in [0.25, 0.3) is 0 Å². The van der Waals surface area contributed by atoms with Crippen LogP contribution in [0.15, 0.2) is 36.4 Å². The van der Waals surface area contributed by atoms with Crippen molar-refractivity contribution in [3.8, 4) is 11.5 Å². The van der Waals surface area contributed by atoms with Crippen molar-refractivity contribution in [1.29, 1.82) is 0 Å². The Morgan fingerprint density at radius 1 is 0.810 bits per heavy atom. The van der Waals surface area contributed by atoms with Gasteiger partial charge in [-0.2, -0.15) is 0 Å². The van der Waals surface area contributed by atoms with Crippen LogP contribution in [0.5, 0.6) is 11.5 Å². The highest BCUT2D eigenvalue weighted by atomic mass is 16.3. The summed E-state index contributed by atoms with van der Waals surface area (Å²) in [6.07, 6.45) is 3.08. The van der Waals surface area contributed by atoms with Crippen LogP contribution >= 0.6 is 0 Å². The van der Waals surface area contributed by atoms with E-state index in [1.807, 2.05) is 31.2 Å². The highest BCUT2D eigenvalue weighted by molar-refractivity contribution is 5.92. The molecular weight excluding hydrogens is 260 g/mol. The molecular formula is C19H20O2. The Kier molecular flexibility index (Phi) is 3.46. The predicted octanol–water partition coefficient (Wildman–Crippen LogP) is 4.67. The topological polar surface area (TPSA) is 40.5 Å². The molecule has 0 amide bonds. The van der Waals surface area contributed by atoms with Gasteiger partial charge in [-0.25, -0.2) is 0 Å². The molecule has 0 fully saturated rings. The normalized spacial score (nSPS) is 14.8. The van der Waals surface area contributed by atoms with Crippen LogP contribution in [0.3, 0.4) is 0 Å². The van der Waals surface area contributed by atoms with Gasteiger partial charge in [0, 0.05) is 0 Å². The standard InChI is InChI=1S/C19H20O2/c1-12-10-15(20)6-8-17(12)19-5-3-4-14-11-16(21)7-9-18(14)13(19)2/h6-11,20-21H,3-5H2,1-2H3. The van der Waals surface area contributed by atoms with E-state index in [0.29, 0.717) is 11.5 Å². The fourth-order valence-electron chi connectivity index (χ4n) is 3.28. The summed E-state index contributed by atoms with van der Waals surface area (Å²) in [6.45, 7) is 4.20. The van der Waals surface area contributed by atoms with Crippen molar-refractivity contribution in [3.05, 3.63) is 58.7 Å². The SMILES string of the molecule is CC1=C(c2ccc(O)cc2C)CCCc2cc(O)ccc21. The van der Waals surface area contributed by atoms with Crippen LogP contribution in [-0.4, -0.2) is 10.2 Å². The molecule has 108 valence electrons. The van der Waals surface area contributed by atoms with Gasteiger partial charge in [-0.1, -0.05) is 12.1 Å². The van der Waals surface area contributed by atoms with Gasteiger partial charge < -0.3 is 10.2 Å². The highest BCUT2D eigenvalue weighted by Gasteiger charge is 2.17. The van der Waals surface area contributed by atoms with Crippen LogP contribution in [0.1, 0.15) is 42.0 Å². The minimum absolute atomic E-state index is 0.313. The molecule has 3 rings (SSSR count). The van der Waals surface area contributed by atoms with Gasteiger partial charge in [0.05, 0.1) is 0 Å². The first-order chi connectivity index (χ1) is 10.1. The molecule has 0 saturated carbocycles. The van der Waals surface area contributed by atoms with Crippen molar-refractivity contribution in [2.75, 3.05) is 0 Å². The summed E-state index contributed by atoms with van der Waals surface area (Å²) in [5.74, 6) is 0.652. The van der Waals surface area contributed by atoms with Crippen LogP contribution in [-0.2, 0) is 6.42 Å². The van der Waals surface area contributed by atoms with Crippen molar-refractivity contribution < 1.29 is 10.2 Å². The van der Waals surface area contributed by atoms with E-state index >= 15 is 0 Å². The summed E-state index contributed by atoms with van der Waals surface area (Å²) in [4.78, 5) is 0. The second-order valence-electron chi connectivity index (χ2n) is 5.80. The molecule has 0 heterocycles. The van der Waals surface area contributed by atoms with Crippen molar-refractivity contribution in [2.45, 2.75) is 33.1 Å². The third-order valence-electron chi connectivity index (χ3n) is 4.35. The van der Waals surface area contributed by atoms with Gasteiger partial charge in [-0.05, 0) is 90.8 Å². The van der Waals surface area contributed by atoms with E-state index in [9.17, 15) is 10.2 Å². The first-order valence-corrected chi connectivity index (χ1v) is 7.38. The summed E-state index contributed by atoms with van der Waals surface area (Å²) < 4.78 is 0. The number of benzene rings is 2. The van der Waals surface area contributed by atoms with Crippen LogP contribution in [0, 0.1) is 6.92 Å². The third-order valence-corrected chi connectivity index (χ3v) is 4.35. The molecule has 1 aliphatic rings. The average Bonchev–Trinajstić information content (AvgIpc) is 2.58. The van der Waals surface area contributed by atoms with Gasteiger partial charge >= 0.3 is 0 Å². The lowest BCUT2D eigenvalue weighted by Crippen LogP contribution is -1.92. The van der Waals surface area contributed by atoms with E-state index in [4.69, 9.17) is 0 Å². The predicted molar refractivity (Wildman–Crippen MR) is 86.4 cm³/mol. The Bertz CT molecular complexity index is 726. The zero-order chi connectivity index (χ0) is 15.0. The van der Waals surface area contributed by atoms with Crippen LogP contribution < -0.4 is 0 Å². The van der Waals surface area contributed by atoms with Crippen LogP contribution in [0.2, 0.25) is 0 Å². The minimum Gasteiger partial charge on any atom is -0.508 e. The Balaban J connectivity index is 2.17. The zero-order valence-corrected chi connectivity index (χ0v) is 12.5. The average molecular weight is 280 g/mol. The molecule has 1 aliphatic carbocycles. The third kappa shape index (κ3) is 2.54. The molecule has 0 atom stereocenters. The number of hydrogen-bond donors (Lipinski definition) is 2. The van der Waals surface area contributed by atoms with Gasteiger partial charge in [0.1, 0.15) is 11.5 Å². The van der Waals surface area contributed by atoms with Gasteiger partial charge in [0.2, 0.25) is 0 Å². The maximum Gasteiger partial charge on any atom is 0.115 e. The summed E-state index contributed by atoms with van der Waals surface area (Å²) in [5.41, 5.74) is 7.39. The van der Waals surface area contributed by atoms with E-state index in [1.54, 1.807) is 12.1 Å². The van der Waals surface area contributed by atoms with E-state index in [0.717, 1.165) is 24.8 Å². The summed E-state index contributed by atoms with van der Waals surface area (Å²) in [6, 6.07) is 11.2. The monoisotopic (exact) mass is 280 g/mol. The van der Waals surface area contributed by atoms with E-state index in [1.165, 1.54) is 27.8 Å². The molecule has 2 aromatic rings. The van der Waals surface area contributed by atoms with E-state index < -0.39 is 0 Å². The number of phenolic OH excluding ortho intramolecular Hbond substituents is 2. The van der Waals surface area contributed by atoms with Crippen LogP contribution in [0.4, 0.5) is 0 Å². The fourth-order valence-corrected chi connectivity index (χ4v) is 3.28. The fraction of sp³-hybridized carbons (Fsp3) is 0.263. The summed E-state index contributed by atoms with van der Waals surface area (Å²) in [7, 11) is 0. The first-order valence-electron chi connectivity index (χ1n) is 7.38. The smallest absolute Gasteiger partial charge is 0.115 e. The maximum absolute atomic E-state index is 9.68. The lowest BCUT2D eigenvalue weighted by atomic mass is 9.91. The molecule has 2 aromatic carbocycles. The van der Waals surface area contributed by atoms with Gasteiger partial charge in [-0.3, -0.25) is 0 Å². The molecule has 2 nitrogen and oxygen atoms in total. The second-order valence-corrected chi connectivity index (χ2v) is 5.80. The summed E-state index contributed by atoms with van der Waals surface area (Å²) >= 11 is 0. The number of phenols is 2. The number of hydrogen-bond acceptors (Lipinski definition) is 2. The minimum atomic E-state index is 0.313. The molecule has 0 radical (unpaired) electrons. The Labute approximate surface area is 125 Å². The van der Waals surface area contributed by atoms with Gasteiger partial charge in [0.15, 0.2) is 0 Å². The molecule has 0 aromatic heterocycles. The molecule has 21 heavy (non-hydrogen) atoms. The largest absolute Gasteiger partial charge is 0.508 e. The first kappa shape index (κ1) is 13.7. The Hall–Kier alpha value is -2.22. The molecule has 0 unspecified atom stereocenters. The molecule has 2 heteroatoms. The lowest BCUT2D eigenvalue weighted by molar-refractivity contribution is 0.474. The van der Waals surface area contributed by atoms with Gasteiger partial charge in [-0.15, -0.1) is 0 Å². The Morgan fingerprint density at radius 2 is 1.48 bits per heavy atom. The number of aryl methyl sites for hydroxylation is 2. The van der Waals surface area contributed by atoms with E-state index in [-0.39, 0.29) is 0 Å². The van der Waals surface area contributed by atoms with Crippen molar-refractivity contribution in [3.63, 3.8) is 0 Å². The molecule has 0 saturated heterocycles. The van der Waals surface area contributed by atoms with Crippen molar-refractivity contribution >= 4 is 11.1 Å². The highest BCUT2D eigenvalue weighted by Crippen LogP contribution is 2.38.